The van der Waals surface area contributed by atoms with E-state index in [4.69, 9.17) is 9.84 Å². The van der Waals surface area contributed by atoms with E-state index in [2.05, 4.69) is 36.9 Å². The molecule has 0 aliphatic heterocycles. The van der Waals surface area contributed by atoms with Gasteiger partial charge >= 0.3 is 0 Å². The minimum atomic E-state index is -0.135. The second-order valence-electron chi connectivity index (χ2n) is 7.56. The van der Waals surface area contributed by atoms with Crippen LogP contribution in [-0.4, -0.2) is 52.9 Å². The molecular formula is C23H20N10O. The number of rotatable bonds is 7. The van der Waals surface area contributed by atoms with Crippen molar-refractivity contribution in [2.24, 2.45) is 0 Å². The van der Waals surface area contributed by atoms with Gasteiger partial charge < -0.3 is 10.1 Å². The number of aromatic nitrogens is 8. The molecule has 0 radical (unpaired) electrons. The molecular weight excluding hydrogens is 432 g/mol. The minimum absolute atomic E-state index is 0.135. The third kappa shape index (κ3) is 4.00. The van der Waals surface area contributed by atoms with Gasteiger partial charge in [-0.05, 0) is 47.7 Å². The number of nitriles is 1. The van der Waals surface area contributed by atoms with Crippen LogP contribution in [0.2, 0.25) is 0 Å². The number of nitrogens with one attached hydrogen (secondary N) is 1. The molecule has 168 valence electrons. The van der Waals surface area contributed by atoms with Crippen LogP contribution in [0, 0.1) is 11.3 Å². The Bertz CT molecular complexity index is 1490. The molecule has 0 aliphatic rings. The molecule has 4 aromatic heterocycles. The second-order valence-corrected chi connectivity index (χ2v) is 7.56. The fourth-order valence-electron chi connectivity index (χ4n) is 3.69. The van der Waals surface area contributed by atoms with Crippen LogP contribution in [0.25, 0.3) is 28.3 Å². The fraction of sp³-hybridized carbons (Fsp3) is 0.174. The predicted molar refractivity (Wildman–Crippen MR) is 124 cm³/mol. The van der Waals surface area contributed by atoms with Gasteiger partial charge in [0.2, 0.25) is 0 Å². The lowest BCUT2D eigenvalue weighted by Gasteiger charge is -2.15. The first-order valence-electron chi connectivity index (χ1n) is 10.6. The summed E-state index contributed by atoms with van der Waals surface area (Å²) < 4.78 is 9.38. The van der Waals surface area contributed by atoms with Crippen LogP contribution in [-0.2, 0) is 6.54 Å². The van der Waals surface area contributed by atoms with Gasteiger partial charge in [-0.15, -0.1) is 5.10 Å². The monoisotopic (exact) mass is 452 g/mol. The highest BCUT2D eigenvalue weighted by molar-refractivity contribution is 5.74. The van der Waals surface area contributed by atoms with Crippen molar-refractivity contribution in [2.75, 3.05) is 12.4 Å². The van der Waals surface area contributed by atoms with E-state index < -0.39 is 0 Å². The van der Waals surface area contributed by atoms with Crippen molar-refractivity contribution in [2.45, 2.75) is 19.6 Å². The van der Waals surface area contributed by atoms with Crippen molar-refractivity contribution < 1.29 is 4.74 Å². The first-order chi connectivity index (χ1) is 16.7. The van der Waals surface area contributed by atoms with Crippen molar-refractivity contribution in [3.63, 3.8) is 0 Å². The van der Waals surface area contributed by atoms with Crippen LogP contribution in [0.4, 0.5) is 5.69 Å². The number of tetrazole rings is 1. The Kier molecular flexibility index (Phi) is 5.53. The second kappa shape index (κ2) is 8.95. The van der Waals surface area contributed by atoms with E-state index in [1.54, 1.807) is 41.0 Å². The molecule has 0 aliphatic carbocycles. The summed E-state index contributed by atoms with van der Waals surface area (Å²) in [4.78, 5) is 8.87. The molecule has 11 heteroatoms. The Morgan fingerprint density at radius 1 is 1.18 bits per heavy atom. The summed E-state index contributed by atoms with van der Waals surface area (Å²) in [5, 5.41) is 28.7. The predicted octanol–water partition coefficient (Wildman–Crippen LogP) is 2.83. The molecule has 1 aromatic carbocycles. The smallest absolute Gasteiger partial charge is 0.154 e. The van der Waals surface area contributed by atoms with Crippen molar-refractivity contribution >= 4 is 11.3 Å². The number of nitrogens with zero attached hydrogens (tertiary/aromatic N) is 9. The lowest BCUT2D eigenvalue weighted by atomic mass is 10.1. The molecule has 1 N–H and O–H groups in total. The summed E-state index contributed by atoms with van der Waals surface area (Å²) in [5.74, 6) is 0.709. The van der Waals surface area contributed by atoms with Gasteiger partial charge in [0, 0.05) is 18.8 Å². The molecule has 5 rings (SSSR count). The molecule has 0 unspecified atom stereocenters. The number of hydrogen-bond donors (Lipinski definition) is 1. The molecule has 34 heavy (non-hydrogen) atoms. The third-order valence-electron chi connectivity index (χ3n) is 5.24. The van der Waals surface area contributed by atoms with Crippen LogP contribution < -0.4 is 10.1 Å². The first kappa shape index (κ1) is 21.0. The lowest BCUT2D eigenvalue weighted by Crippen LogP contribution is -2.20. The highest BCUT2D eigenvalue weighted by Gasteiger charge is 2.16. The van der Waals surface area contributed by atoms with Crippen molar-refractivity contribution in [3.05, 3.63) is 66.7 Å². The third-order valence-corrected chi connectivity index (χ3v) is 5.24. The summed E-state index contributed by atoms with van der Waals surface area (Å²) >= 11 is 0. The number of fused-ring (bicyclic) bond motifs is 1. The number of imidazole rings is 1. The number of pyridine rings is 1. The normalized spacial score (nSPS) is 11.8. The molecule has 1 atom stereocenters. The van der Waals surface area contributed by atoms with Gasteiger partial charge in [-0.1, -0.05) is 12.1 Å². The van der Waals surface area contributed by atoms with Crippen LogP contribution in [0.5, 0.6) is 5.75 Å². The van der Waals surface area contributed by atoms with Gasteiger partial charge in [0.15, 0.2) is 5.65 Å². The van der Waals surface area contributed by atoms with Gasteiger partial charge in [-0.3, -0.25) is 4.98 Å². The van der Waals surface area contributed by atoms with E-state index >= 15 is 0 Å². The van der Waals surface area contributed by atoms with Crippen LogP contribution in [0.15, 0.2) is 61.2 Å². The number of benzene rings is 1. The van der Waals surface area contributed by atoms with Gasteiger partial charge in [0.05, 0.1) is 24.1 Å². The van der Waals surface area contributed by atoms with Crippen LogP contribution in [0.1, 0.15) is 12.5 Å². The molecule has 0 amide bonds. The van der Waals surface area contributed by atoms with Gasteiger partial charge in [0.1, 0.15) is 41.2 Å². The van der Waals surface area contributed by atoms with E-state index in [0.717, 1.165) is 11.3 Å². The highest BCUT2D eigenvalue weighted by atomic mass is 16.5. The topological polar surface area (TPSA) is 132 Å². The molecule has 0 fully saturated rings. The first-order valence-corrected chi connectivity index (χ1v) is 10.6. The van der Waals surface area contributed by atoms with Gasteiger partial charge in [-0.2, -0.15) is 10.4 Å². The number of hydrogen-bond acceptors (Lipinski definition) is 9. The quantitative estimate of drug-likeness (QED) is 0.396. The standard InChI is InChI=1S/C23H20N10O/c1-15(13-32-14-28-30-31-32)34-17-5-3-4-16(10-17)19-6-7-22-27-12-21(33(22)29-19)23-18(11-24)20(25-2)8-9-26-23/h3-10,12,14-15H,13H2,1-2H3,(H,25,26)/t15-/m0/s1. The molecule has 11 nitrogen and oxygen atoms in total. The van der Waals surface area contributed by atoms with E-state index in [-0.39, 0.29) is 6.10 Å². The van der Waals surface area contributed by atoms with Gasteiger partial charge in [-0.25, -0.2) is 14.2 Å². The molecule has 0 saturated carbocycles. The Balaban J connectivity index is 1.48. The Labute approximate surface area is 194 Å². The zero-order chi connectivity index (χ0) is 23.5. The Hall–Kier alpha value is -4.85. The fourth-order valence-corrected chi connectivity index (χ4v) is 3.69. The maximum absolute atomic E-state index is 9.71. The molecule has 0 bridgehead atoms. The maximum atomic E-state index is 9.71. The average molecular weight is 452 g/mol. The summed E-state index contributed by atoms with van der Waals surface area (Å²) in [6.07, 6.45) is 4.75. The summed E-state index contributed by atoms with van der Waals surface area (Å²) in [5.41, 5.74) is 4.54. The highest BCUT2D eigenvalue weighted by Crippen LogP contribution is 2.28. The molecule has 5 aromatic rings. The summed E-state index contributed by atoms with van der Waals surface area (Å²) in [7, 11) is 1.77. The van der Waals surface area contributed by atoms with E-state index in [1.165, 1.54) is 0 Å². The Morgan fingerprint density at radius 3 is 2.88 bits per heavy atom. The lowest BCUT2D eigenvalue weighted by molar-refractivity contribution is 0.193. The molecule has 4 heterocycles. The van der Waals surface area contributed by atoms with Crippen molar-refractivity contribution in [1.29, 1.82) is 5.26 Å². The van der Waals surface area contributed by atoms with E-state index in [0.29, 0.717) is 40.6 Å². The zero-order valence-corrected chi connectivity index (χ0v) is 18.5. The number of anilines is 1. The maximum Gasteiger partial charge on any atom is 0.154 e. The van der Waals surface area contributed by atoms with E-state index in [1.807, 2.05) is 43.3 Å². The van der Waals surface area contributed by atoms with Gasteiger partial charge in [0.25, 0.3) is 0 Å². The Morgan fingerprint density at radius 2 is 2.09 bits per heavy atom. The zero-order valence-electron chi connectivity index (χ0n) is 18.5. The van der Waals surface area contributed by atoms with Crippen molar-refractivity contribution in [1.82, 2.24) is 39.8 Å². The number of ether oxygens (including phenoxy) is 1. The molecule has 0 spiro atoms. The average Bonchev–Trinajstić information content (AvgIpc) is 3.53. The minimum Gasteiger partial charge on any atom is -0.489 e. The van der Waals surface area contributed by atoms with Crippen LogP contribution in [0.3, 0.4) is 0 Å². The van der Waals surface area contributed by atoms with Crippen molar-refractivity contribution in [3.8, 4) is 34.5 Å². The summed E-state index contributed by atoms with van der Waals surface area (Å²) in [6, 6.07) is 15.5. The largest absolute Gasteiger partial charge is 0.489 e. The summed E-state index contributed by atoms with van der Waals surface area (Å²) in [6.45, 7) is 2.48. The van der Waals surface area contributed by atoms with Crippen LogP contribution >= 0.6 is 0 Å². The molecule has 0 saturated heterocycles. The van der Waals surface area contributed by atoms with E-state index in [9.17, 15) is 5.26 Å². The SMILES string of the molecule is CNc1ccnc(-c2cnc3ccc(-c4cccc(O[C@@H](C)Cn5cnnn5)c4)nn23)c1C#N.